The third-order valence-corrected chi connectivity index (χ3v) is 5.73. The number of carboxylic acid groups (broad SMARTS) is 1. The lowest BCUT2D eigenvalue weighted by Gasteiger charge is -2.21. The van der Waals surface area contributed by atoms with Gasteiger partial charge in [-0.15, -0.1) is 0 Å². The second-order valence-electron chi connectivity index (χ2n) is 4.75. The van der Waals surface area contributed by atoms with Gasteiger partial charge < -0.3 is 5.11 Å². The third kappa shape index (κ3) is 3.06. The zero-order chi connectivity index (χ0) is 16.7. The minimum Gasteiger partial charge on any atom is -0.480 e. The molecule has 0 aliphatic carbocycles. The number of benzene rings is 1. The van der Waals surface area contributed by atoms with Crippen molar-refractivity contribution in [2.45, 2.75) is 30.0 Å². The van der Waals surface area contributed by atoms with Gasteiger partial charge in [0.2, 0.25) is 10.0 Å². The summed E-state index contributed by atoms with van der Waals surface area (Å²) in [6, 6.07) is 0.631. The molecule has 1 aromatic rings. The second-order valence-corrected chi connectivity index (χ2v) is 7.02. The highest BCUT2D eigenvalue weighted by atomic mass is 35.5. The van der Waals surface area contributed by atoms with Crippen molar-refractivity contribution < 1.29 is 31.5 Å². The van der Waals surface area contributed by atoms with E-state index < -0.39 is 43.7 Å². The van der Waals surface area contributed by atoms with Gasteiger partial charge in [0.05, 0.1) is 10.6 Å². The molecule has 1 N–H and O–H groups in total. The molecule has 1 aliphatic heterocycles. The molecule has 122 valence electrons. The van der Waals surface area contributed by atoms with Crippen LogP contribution in [0.1, 0.15) is 18.4 Å². The predicted octanol–water partition coefficient (Wildman–Crippen LogP) is 2.60. The van der Waals surface area contributed by atoms with Crippen molar-refractivity contribution in [3.05, 3.63) is 28.8 Å². The quantitative estimate of drug-likeness (QED) is 0.902. The predicted molar refractivity (Wildman–Crippen MR) is 71.0 cm³/mol. The highest BCUT2D eigenvalue weighted by Gasteiger charge is 2.41. The Bertz CT molecular complexity index is 705. The van der Waals surface area contributed by atoms with Crippen molar-refractivity contribution in [2.75, 3.05) is 6.54 Å². The summed E-state index contributed by atoms with van der Waals surface area (Å²) in [5.74, 6) is -1.30. The van der Waals surface area contributed by atoms with Gasteiger partial charge in [-0.3, -0.25) is 4.79 Å². The fourth-order valence-electron chi connectivity index (χ4n) is 2.29. The largest absolute Gasteiger partial charge is 0.480 e. The van der Waals surface area contributed by atoms with Crippen molar-refractivity contribution in [2.24, 2.45) is 0 Å². The molecule has 22 heavy (non-hydrogen) atoms. The Hall–Kier alpha value is -1.32. The van der Waals surface area contributed by atoms with E-state index in [-0.39, 0.29) is 13.0 Å². The van der Waals surface area contributed by atoms with E-state index in [2.05, 4.69) is 0 Å². The van der Waals surface area contributed by atoms with Gasteiger partial charge in [0, 0.05) is 6.54 Å². The number of hydrogen-bond acceptors (Lipinski definition) is 3. The Morgan fingerprint density at radius 1 is 1.36 bits per heavy atom. The van der Waals surface area contributed by atoms with E-state index in [4.69, 9.17) is 16.7 Å². The van der Waals surface area contributed by atoms with Crippen LogP contribution in [0.2, 0.25) is 5.02 Å². The number of halogens is 4. The molecule has 0 bridgehead atoms. The number of hydrogen-bond donors (Lipinski definition) is 1. The first-order valence-corrected chi connectivity index (χ1v) is 7.98. The number of aliphatic carboxylic acids is 1. The molecule has 10 heteroatoms. The third-order valence-electron chi connectivity index (χ3n) is 3.33. The standard InChI is InChI=1S/C12H11ClF3NO4S/c13-8-6-7(12(14,15)16)3-4-10(8)22(20,21)17-5-1-2-9(17)11(18)19/h3-4,6,9H,1-2,5H2,(H,18,19). The molecule has 1 saturated heterocycles. The molecular formula is C12H11ClF3NO4S. The Morgan fingerprint density at radius 3 is 2.50 bits per heavy atom. The molecule has 0 aromatic heterocycles. The lowest BCUT2D eigenvalue weighted by atomic mass is 10.2. The Labute approximate surface area is 129 Å². The van der Waals surface area contributed by atoms with Gasteiger partial charge in [0.25, 0.3) is 0 Å². The average molecular weight is 358 g/mol. The molecule has 1 aliphatic rings. The minimum absolute atomic E-state index is 0.0172. The Kier molecular flexibility index (Phi) is 4.42. The molecule has 1 atom stereocenters. The molecule has 0 saturated carbocycles. The summed E-state index contributed by atoms with van der Waals surface area (Å²) in [5, 5.41) is 8.43. The maximum Gasteiger partial charge on any atom is 0.416 e. The van der Waals surface area contributed by atoms with Crippen molar-refractivity contribution in [1.82, 2.24) is 4.31 Å². The molecule has 1 aromatic carbocycles. The topological polar surface area (TPSA) is 74.7 Å². The molecular weight excluding hydrogens is 347 g/mol. The zero-order valence-electron chi connectivity index (χ0n) is 11.0. The fourth-order valence-corrected chi connectivity index (χ4v) is 4.46. The second kappa shape index (κ2) is 5.71. The van der Waals surface area contributed by atoms with E-state index in [9.17, 15) is 26.4 Å². The van der Waals surface area contributed by atoms with E-state index in [0.29, 0.717) is 18.6 Å². The average Bonchev–Trinajstić information content (AvgIpc) is 2.87. The van der Waals surface area contributed by atoms with Gasteiger partial charge in [-0.2, -0.15) is 17.5 Å². The van der Waals surface area contributed by atoms with Crippen molar-refractivity contribution in [1.29, 1.82) is 0 Å². The molecule has 0 radical (unpaired) electrons. The lowest BCUT2D eigenvalue weighted by molar-refractivity contribution is -0.140. The number of carboxylic acids is 1. The number of alkyl halides is 3. The lowest BCUT2D eigenvalue weighted by Crippen LogP contribution is -2.40. The summed E-state index contributed by atoms with van der Waals surface area (Å²) < 4.78 is 63.3. The van der Waals surface area contributed by atoms with Crippen LogP contribution in [0, 0.1) is 0 Å². The summed E-state index contributed by atoms with van der Waals surface area (Å²) in [6.45, 7) is -0.0172. The summed E-state index contributed by atoms with van der Waals surface area (Å²) in [5.41, 5.74) is -1.08. The van der Waals surface area contributed by atoms with Gasteiger partial charge in [-0.05, 0) is 31.0 Å². The summed E-state index contributed by atoms with van der Waals surface area (Å²) in [7, 11) is -4.27. The molecule has 1 unspecified atom stereocenters. The smallest absolute Gasteiger partial charge is 0.416 e. The maximum atomic E-state index is 12.6. The van der Waals surface area contributed by atoms with Crippen LogP contribution in [0.15, 0.2) is 23.1 Å². The molecule has 0 amide bonds. The number of sulfonamides is 1. The van der Waals surface area contributed by atoms with Crippen molar-refractivity contribution in [3.63, 3.8) is 0 Å². The van der Waals surface area contributed by atoms with Crippen LogP contribution in [-0.4, -0.2) is 36.4 Å². The first-order valence-electron chi connectivity index (χ1n) is 6.16. The number of carbonyl (C=O) groups is 1. The summed E-state index contributed by atoms with van der Waals surface area (Å²) in [6.07, 6.45) is -4.15. The SMILES string of the molecule is O=C(O)C1CCCN1S(=O)(=O)c1ccc(C(F)(F)F)cc1Cl. The highest BCUT2D eigenvalue weighted by molar-refractivity contribution is 7.89. The van der Waals surface area contributed by atoms with Crippen LogP contribution < -0.4 is 0 Å². The number of nitrogens with zero attached hydrogens (tertiary/aromatic N) is 1. The van der Waals surface area contributed by atoms with E-state index in [0.717, 1.165) is 10.4 Å². The first kappa shape index (κ1) is 17.0. The molecule has 5 nitrogen and oxygen atoms in total. The van der Waals surface area contributed by atoms with Crippen LogP contribution in [0.5, 0.6) is 0 Å². The zero-order valence-corrected chi connectivity index (χ0v) is 12.5. The van der Waals surface area contributed by atoms with Crippen LogP contribution in [0.25, 0.3) is 0 Å². The normalized spacial score (nSPS) is 20.3. The molecule has 1 heterocycles. The van der Waals surface area contributed by atoms with Crippen molar-refractivity contribution in [3.8, 4) is 0 Å². The van der Waals surface area contributed by atoms with Crippen LogP contribution in [0.3, 0.4) is 0 Å². The van der Waals surface area contributed by atoms with Crippen LogP contribution in [0.4, 0.5) is 13.2 Å². The number of rotatable bonds is 3. The van der Waals surface area contributed by atoms with E-state index in [1.165, 1.54) is 0 Å². The maximum absolute atomic E-state index is 12.6. The first-order chi connectivity index (χ1) is 10.0. The highest BCUT2D eigenvalue weighted by Crippen LogP contribution is 2.35. The molecule has 0 spiro atoms. The van der Waals surface area contributed by atoms with Crippen LogP contribution >= 0.6 is 11.6 Å². The van der Waals surface area contributed by atoms with Gasteiger partial charge in [-0.1, -0.05) is 11.6 Å². The summed E-state index contributed by atoms with van der Waals surface area (Å²) >= 11 is 5.67. The van der Waals surface area contributed by atoms with Gasteiger partial charge in [0.15, 0.2) is 0 Å². The van der Waals surface area contributed by atoms with Gasteiger partial charge >= 0.3 is 12.1 Å². The Morgan fingerprint density at radius 2 is 2.00 bits per heavy atom. The van der Waals surface area contributed by atoms with E-state index >= 15 is 0 Å². The van der Waals surface area contributed by atoms with Crippen LogP contribution in [-0.2, 0) is 21.0 Å². The Balaban J connectivity index is 2.44. The summed E-state index contributed by atoms with van der Waals surface area (Å²) in [4.78, 5) is 10.5. The minimum atomic E-state index is -4.65. The monoisotopic (exact) mass is 357 g/mol. The molecule has 2 rings (SSSR count). The van der Waals surface area contributed by atoms with Crippen molar-refractivity contribution >= 4 is 27.6 Å². The molecule has 1 fully saturated rings. The fraction of sp³-hybridized carbons (Fsp3) is 0.417. The van der Waals surface area contributed by atoms with Gasteiger partial charge in [-0.25, -0.2) is 8.42 Å². The van der Waals surface area contributed by atoms with Gasteiger partial charge in [0.1, 0.15) is 10.9 Å². The van der Waals surface area contributed by atoms with E-state index in [1.54, 1.807) is 0 Å². The van der Waals surface area contributed by atoms with E-state index in [1.807, 2.05) is 0 Å².